The van der Waals surface area contributed by atoms with E-state index in [4.69, 9.17) is 0 Å². The van der Waals surface area contributed by atoms with Crippen molar-refractivity contribution >= 4 is 5.91 Å². The van der Waals surface area contributed by atoms with Gasteiger partial charge in [0.25, 0.3) is 5.91 Å². The number of amides is 1. The molecule has 0 spiro atoms. The van der Waals surface area contributed by atoms with Crippen LogP contribution in [0, 0.1) is 11.2 Å². The predicted molar refractivity (Wildman–Crippen MR) is 73.8 cm³/mol. The number of hydrogen-bond acceptors (Lipinski definition) is 2. The molecule has 0 bridgehead atoms. The summed E-state index contributed by atoms with van der Waals surface area (Å²) < 4.78 is 51.7. The van der Waals surface area contributed by atoms with Crippen molar-refractivity contribution < 1.29 is 27.5 Å². The van der Waals surface area contributed by atoms with E-state index in [-0.39, 0.29) is 11.5 Å². The zero-order chi connectivity index (χ0) is 17.1. The average Bonchev–Trinajstić information content (AvgIpc) is 2.34. The Morgan fingerprint density at radius 3 is 2.32 bits per heavy atom. The van der Waals surface area contributed by atoms with E-state index >= 15 is 0 Å². The number of alkyl halides is 3. The van der Waals surface area contributed by atoms with E-state index in [2.05, 4.69) is 5.32 Å². The zero-order valence-electron chi connectivity index (χ0n) is 12.6. The third kappa shape index (κ3) is 5.29. The van der Waals surface area contributed by atoms with E-state index < -0.39 is 41.7 Å². The summed E-state index contributed by atoms with van der Waals surface area (Å²) in [6.07, 6.45) is -4.45. The molecule has 1 aromatic carbocycles. The lowest BCUT2D eigenvalue weighted by Crippen LogP contribution is -2.40. The molecule has 124 valence electrons. The minimum atomic E-state index is -4.84. The second-order valence-electron chi connectivity index (χ2n) is 6.31. The summed E-state index contributed by atoms with van der Waals surface area (Å²) in [5.41, 5.74) is -2.23. The van der Waals surface area contributed by atoms with Gasteiger partial charge in [0.2, 0.25) is 0 Å². The molecular weight excluding hydrogens is 302 g/mol. The van der Waals surface area contributed by atoms with Crippen LogP contribution in [0.15, 0.2) is 18.2 Å². The predicted octanol–water partition coefficient (Wildman–Crippen LogP) is 3.37. The maximum Gasteiger partial charge on any atom is 0.417 e. The molecule has 1 aromatic rings. The number of benzene rings is 1. The molecule has 0 aromatic heterocycles. The van der Waals surface area contributed by atoms with Gasteiger partial charge >= 0.3 is 6.18 Å². The third-order valence-corrected chi connectivity index (χ3v) is 2.95. The largest absolute Gasteiger partial charge is 0.417 e. The summed E-state index contributed by atoms with van der Waals surface area (Å²) >= 11 is 0. The van der Waals surface area contributed by atoms with Gasteiger partial charge in [-0.15, -0.1) is 0 Å². The molecule has 0 radical (unpaired) electrons. The quantitative estimate of drug-likeness (QED) is 0.835. The van der Waals surface area contributed by atoms with Gasteiger partial charge in [-0.25, -0.2) is 4.39 Å². The number of hydrogen-bond donors (Lipinski definition) is 2. The second-order valence-corrected chi connectivity index (χ2v) is 6.31. The van der Waals surface area contributed by atoms with Crippen LogP contribution in [0.4, 0.5) is 17.6 Å². The van der Waals surface area contributed by atoms with Gasteiger partial charge in [-0.05, 0) is 30.0 Å². The summed E-state index contributed by atoms with van der Waals surface area (Å²) in [6, 6.07) is 1.19. The molecule has 1 unspecified atom stereocenters. The normalized spacial score (nSPS) is 13.8. The molecule has 1 amide bonds. The minimum absolute atomic E-state index is 0.226. The zero-order valence-corrected chi connectivity index (χ0v) is 12.6. The van der Waals surface area contributed by atoms with Crippen molar-refractivity contribution in [3.05, 3.63) is 35.1 Å². The van der Waals surface area contributed by atoms with E-state index in [1.165, 1.54) is 0 Å². The van der Waals surface area contributed by atoms with Gasteiger partial charge in [0.1, 0.15) is 5.82 Å². The molecule has 3 nitrogen and oxygen atoms in total. The molecule has 0 aliphatic rings. The van der Waals surface area contributed by atoms with Crippen LogP contribution in [0.5, 0.6) is 0 Å². The monoisotopic (exact) mass is 321 g/mol. The van der Waals surface area contributed by atoms with Crippen LogP contribution in [-0.4, -0.2) is 23.7 Å². The lowest BCUT2D eigenvalue weighted by atomic mass is 9.88. The van der Waals surface area contributed by atoms with Gasteiger partial charge in [0.15, 0.2) is 0 Å². The van der Waals surface area contributed by atoms with Crippen LogP contribution >= 0.6 is 0 Å². The third-order valence-electron chi connectivity index (χ3n) is 2.95. The number of halogens is 4. The van der Waals surface area contributed by atoms with Crippen LogP contribution in [0.3, 0.4) is 0 Å². The van der Waals surface area contributed by atoms with Crippen LogP contribution < -0.4 is 5.32 Å². The molecule has 7 heteroatoms. The Kier molecular flexibility index (Phi) is 5.56. The molecule has 1 rings (SSSR count). The highest BCUT2D eigenvalue weighted by molar-refractivity contribution is 5.96. The van der Waals surface area contributed by atoms with Crippen molar-refractivity contribution in [3.63, 3.8) is 0 Å². The SMILES string of the molecule is CC(C)(C)CC(CO)NC(=O)c1ccc(F)cc1C(F)(F)F. The first-order valence-electron chi connectivity index (χ1n) is 6.72. The summed E-state index contributed by atoms with van der Waals surface area (Å²) in [7, 11) is 0. The van der Waals surface area contributed by atoms with Crippen LogP contribution in [0.2, 0.25) is 0 Å². The van der Waals surface area contributed by atoms with E-state index in [1.54, 1.807) is 0 Å². The van der Waals surface area contributed by atoms with Gasteiger partial charge in [0, 0.05) is 0 Å². The molecule has 0 aliphatic carbocycles. The van der Waals surface area contributed by atoms with Gasteiger partial charge in [-0.1, -0.05) is 20.8 Å². The first-order chi connectivity index (χ1) is 9.94. The maximum atomic E-state index is 13.0. The van der Waals surface area contributed by atoms with Crippen LogP contribution in [-0.2, 0) is 6.18 Å². The standard InChI is InChI=1S/C15H19F4NO2/c1-14(2,3)7-10(8-21)20-13(22)11-5-4-9(16)6-12(11)15(17,18)19/h4-6,10,21H,7-8H2,1-3H3,(H,20,22). The van der Waals surface area contributed by atoms with Gasteiger partial charge in [-0.3, -0.25) is 4.79 Å². The first kappa shape index (κ1) is 18.4. The Morgan fingerprint density at radius 2 is 1.86 bits per heavy atom. The Hall–Kier alpha value is -1.63. The summed E-state index contributed by atoms with van der Waals surface area (Å²) in [5.74, 6) is -2.06. The maximum absolute atomic E-state index is 13.0. The van der Waals surface area contributed by atoms with E-state index in [1.807, 2.05) is 20.8 Å². The summed E-state index contributed by atoms with van der Waals surface area (Å²) in [4.78, 5) is 12.0. The van der Waals surface area contributed by atoms with Crippen molar-refractivity contribution in [2.75, 3.05) is 6.61 Å². The molecule has 0 heterocycles. The van der Waals surface area contributed by atoms with Crippen molar-refractivity contribution in [2.24, 2.45) is 5.41 Å². The molecule has 0 aliphatic heterocycles. The number of carbonyl (C=O) groups excluding carboxylic acids is 1. The molecule has 0 fully saturated rings. The van der Waals surface area contributed by atoms with E-state index in [0.29, 0.717) is 6.42 Å². The molecule has 1 atom stereocenters. The highest BCUT2D eigenvalue weighted by atomic mass is 19.4. The molecule has 22 heavy (non-hydrogen) atoms. The number of aliphatic hydroxyl groups excluding tert-OH is 1. The highest BCUT2D eigenvalue weighted by Crippen LogP contribution is 2.32. The van der Waals surface area contributed by atoms with Gasteiger partial charge in [0.05, 0.1) is 23.8 Å². The highest BCUT2D eigenvalue weighted by Gasteiger charge is 2.36. The fourth-order valence-electron chi connectivity index (χ4n) is 2.11. The Balaban J connectivity index is 3.03. The lowest BCUT2D eigenvalue weighted by molar-refractivity contribution is -0.138. The van der Waals surface area contributed by atoms with E-state index in [0.717, 1.165) is 12.1 Å². The molecule has 0 saturated carbocycles. The molecule has 0 saturated heterocycles. The summed E-state index contributed by atoms with van der Waals surface area (Å²) in [6.45, 7) is 5.23. The van der Waals surface area contributed by atoms with Crippen molar-refractivity contribution in [3.8, 4) is 0 Å². The van der Waals surface area contributed by atoms with Gasteiger partial charge < -0.3 is 10.4 Å². The number of nitrogens with one attached hydrogen (secondary N) is 1. The van der Waals surface area contributed by atoms with E-state index in [9.17, 15) is 27.5 Å². The topological polar surface area (TPSA) is 49.3 Å². The Morgan fingerprint density at radius 1 is 1.27 bits per heavy atom. The van der Waals surface area contributed by atoms with Gasteiger partial charge in [-0.2, -0.15) is 13.2 Å². The Labute approximate surface area is 126 Å². The van der Waals surface area contributed by atoms with Crippen LogP contribution in [0.1, 0.15) is 43.1 Å². The first-order valence-corrected chi connectivity index (χ1v) is 6.72. The smallest absolute Gasteiger partial charge is 0.394 e. The number of rotatable bonds is 4. The molecular formula is C15H19F4NO2. The lowest BCUT2D eigenvalue weighted by Gasteiger charge is -2.25. The van der Waals surface area contributed by atoms with Crippen LogP contribution in [0.25, 0.3) is 0 Å². The second kappa shape index (κ2) is 6.64. The average molecular weight is 321 g/mol. The fraction of sp³-hybridized carbons (Fsp3) is 0.533. The van der Waals surface area contributed by atoms with Crippen molar-refractivity contribution in [1.29, 1.82) is 0 Å². The van der Waals surface area contributed by atoms with Crippen molar-refractivity contribution in [2.45, 2.75) is 39.4 Å². The minimum Gasteiger partial charge on any atom is -0.394 e. The number of carbonyl (C=O) groups is 1. The molecule has 2 N–H and O–H groups in total. The summed E-state index contributed by atoms with van der Waals surface area (Å²) in [5, 5.41) is 11.6. The number of aliphatic hydroxyl groups is 1. The fourth-order valence-corrected chi connectivity index (χ4v) is 2.11. The van der Waals surface area contributed by atoms with Crippen molar-refractivity contribution in [1.82, 2.24) is 5.32 Å². The Bertz CT molecular complexity index is 535.